The lowest BCUT2D eigenvalue weighted by Crippen LogP contribution is -2.35. The lowest BCUT2D eigenvalue weighted by atomic mass is 10.1. The summed E-state index contributed by atoms with van der Waals surface area (Å²) in [5.74, 6) is -0.0296. The van der Waals surface area contributed by atoms with Crippen LogP contribution in [0, 0.1) is 0 Å². The molecule has 6 heteroatoms. The Balaban J connectivity index is 1.69. The summed E-state index contributed by atoms with van der Waals surface area (Å²) in [5, 5.41) is 0. The third-order valence-electron chi connectivity index (χ3n) is 5.01. The van der Waals surface area contributed by atoms with E-state index in [-0.39, 0.29) is 11.9 Å². The molecule has 5 nitrogen and oxygen atoms in total. The highest BCUT2D eigenvalue weighted by atomic mass is 32.2. The zero-order valence-corrected chi connectivity index (χ0v) is 15.1. The molecule has 2 aromatic carbocycles. The van der Waals surface area contributed by atoms with Gasteiger partial charge < -0.3 is 4.90 Å². The number of rotatable bonds is 2. The summed E-state index contributed by atoms with van der Waals surface area (Å²) in [6.45, 7) is 2.49. The van der Waals surface area contributed by atoms with Gasteiger partial charge in [-0.25, -0.2) is 8.42 Å². The Morgan fingerprint density at radius 2 is 1.84 bits per heavy atom. The Morgan fingerprint density at radius 3 is 2.60 bits per heavy atom. The van der Waals surface area contributed by atoms with Crippen LogP contribution in [-0.2, 0) is 22.9 Å². The molecule has 0 spiro atoms. The lowest BCUT2D eigenvalue weighted by Gasteiger charge is -2.23. The molecule has 2 aromatic rings. The van der Waals surface area contributed by atoms with Gasteiger partial charge in [-0.2, -0.15) is 0 Å². The average molecular weight is 356 g/mol. The first kappa shape index (κ1) is 16.1. The second kappa shape index (κ2) is 5.59. The molecule has 0 fully saturated rings. The van der Waals surface area contributed by atoms with Gasteiger partial charge in [0.25, 0.3) is 5.91 Å². The fourth-order valence-corrected chi connectivity index (χ4v) is 4.82. The van der Waals surface area contributed by atoms with Crippen molar-refractivity contribution in [2.45, 2.75) is 25.8 Å². The van der Waals surface area contributed by atoms with Crippen LogP contribution in [0.15, 0.2) is 42.5 Å². The normalized spacial score (nSPS) is 19.0. The number of fused-ring (bicyclic) bond motifs is 2. The van der Waals surface area contributed by atoms with E-state index in [4.69, 9.17) is 0 Å². The maximum absolute atomic E-state index is 13.1. The molecule has 130 valence electrons. The minimum Gasteiger partial charge on any atom is -0.305 e. The molecule has 0 saturated carbocycles. The standard InChI is InChI=1S/C19H20N2O3S/c1-13-11-14-5-3-4-6-18(14)21(13)19(22)16-7-8-17-15(12-16)9-10-20(17)25(2,23)24/h3-8,12-13H,9-11H2,1-2H3. The van der Waals surface area contributed by atoms with Crippen molar-refractivity contribution in [2.24, 2.45) is 0 Å². The molecular formula is C19H20N2O3S. The minimum absolute atomic E-state index is 0.0296. The predicted molar refractivity (Wildman–Crippen MR) is 98.8 cm³/mol. The number of para-hydroxylation sites is 1. The maximum Gasteiger partial charge on any atom is 0.258 e. The number of anilines is 2. The Morgan fingerprint density at radius 1 is 1.08 bits per heavy atom. The number of hydrogen-bond acceptors (Lipinski definition) is 3. The van der Waals surface area contributed by atoms with Crippen LogP contribution in [0.5, 0.6) is 0 Å². The molecule has 0 aliphatic carbocycles. The zero-order chi connectivity index (χ0) is 17.8. The van der Waals surface area contributed by atoms with Gasteiger partial charge in [-0.05, 0) is 55.2 Å². The van der Waals surface area contributed by atoms with Gasteiger partial charge >= 0.3 is 0 Å². The topological polar surface area (TPSA) is 57.7 Å². The van der Waals surface area contributed by atoms with Crippen LogP contribution in [0.25, 0.3) is 0 Å². The van der Waals surface area contributed by atoms with Crippen LogP contribution >= 0.6 is 0 Å². The van der Waals surface area contributed by atoms with E-state index in [9.17, 15) is 13.2 Å². The number of hydrogen-bond donors (Lipinski definition) is 0. The Kier molecular flexibility index (Phi) is 3.61. The van der Waals surface area contributed by atoms with Gasteiger partial charge in [-0.1, -0.05) is 18.2 Å². The van der Waals surface area contributed by atoms with Gasteiger partial charge in [0.15, 0.2) is 0 Å². The highest BCUT2D eigenvalue weighted by Gasteiger charge is 2.32. The van der Waals surface area contributed by atoms with E-state index in [1.54, 1.807) is 12.1 Å². The molecule has 0 N–H and O–H groups in total. The smallest absolute Gasteiger partial charge is 0.258 e. The van der Waals surface area contributed by atoms with Crippen LogP contribution < -0.4 is 9.21 Å². The lowest BCUT2D eigenvalue weighted by molar-refractivity contribution is 0.0981. The summed E-state index contributed by atoms with van der Waals surface area (Å²) in [6, 6.07) is 13.4. The molecule has 25 heavy (non-hydrogen) atoms. The predicted octanol–water partition coefficient (Wildman–Crippen LogP) is 2.60. The molecule has 2 heterocycles. The summed E-state index contributed by atoms with van der Waals surface area (Å²) in [7, 11) is -3.28. The minimum atomic E-state index is -3.28. The molecule has 0 radical (unpaired) electrons. The third kappa shape index (κ3) is 2.61. The van der Waals surface area contributed by atoms with Crippen molar-refractivity contribution in [1.29, 1.82) is 0 Å². The quantitative estimate of drug-likeness (QED) is 0.831. The summed E-state index contributed by atoms with van der Waals surface area (Å²) in [5.41, 5.74) is 4.37. The van der Waals surface area contributed by atoms with Crippen LogP contribution in [0.4, 0.5) is 11.4 Å². The Bertz CT molecular complexity index is 968. The second-order valence-electron chi connectivity index (χ2n) is 6.79. The number of carbonyl (C=O) groups excluding carboxylic acids is 1. The van der Waals surface area contributed by atoms with Crippen molar-refractivity contribution < 1.29 is 13.2 Å². The third-order valence-corrected chi connectivity index (χ3v) is 6.19. The summed E-state index contributed by atoms with van der Waals surface area (Å²) >= 11 is 0. The van der Waals surface area contributed by atoms with Crippen molar-refractivity contribution in [3.05, 3.63) is 59.2 Å². The van der Waals surface area contributed by atoms with E-state index in [1.807, 2.05) is 29.2 Å². The number of benzene rings is 2. The SMILES string of the molecule is CC1Cc2ccccc2N1C(=O)c1ccc2c(c1)CCN2S(C)(=O)=O. The van der Waals surface area contributed by atoms with Gasteiger partial charge in [0.1, 0.15) is 0 Å². The van der Waals surface area contributed by atoms with E-state index in [1.165, 1.54) is 16.1 Å². The molecular weight excluding hydrogens is 336 g/mol. The molecule has 1 atom stereocenters. The van der Waals surface area contributed by atoms with Gasteiger partial charge in [-0.3, -0.25) is 9.10 Å². The summed E-state index contributed by atoms with van der Waals surface area (Å²) in [6.07, 6.45) is 2.70. The Labute approximate surface area is 147 Å². The van der Waals surface area contributed by atoms with Crippen LogP contribution in [0.2, 0.25) is 0 Å². The van der Waals surface area contributed by atoms with Crippen LogP contribution in [-0.4, -0.2) is 33.2 Å². The molecule has 1 amide bonds. The van der Waals surface area contributed by atoms with E-state index in [2.05, 4.69) is 13.0 Å². The van der Waals surface area contributed by atoms with Crippen molar-refractivity contribution in [2.75, 3.05) is 22.0 Å². The van der Waals surface area contributed by atoms with Crippen LogP contribution in [0.1, 0.15) is 28.4 Å². The highest BCUT2D eigenvalue weighted by Crippen LogP contribution is 2.35. The zero-order valence-electron chi connectivity index (χ0n) is 14.3. The van der Waals surface area contributed by atoms with Crippen molar-refractivity contribution in [3.63, 3.8) is 0 Å². The molecule has 2 aliphatic heterocycles. The number of amides is 1. The Hall–Kier alpha value is -2.34. The van der Waals surface area contributed by atoms with Gasteiger partial charge in [-0.15, -0.1) is 0 Å². The molecule has 0 saturated heterocycles. The second-order valence-corrected chi connectivity index (χ2v) is 8.69. The van der Waals surface area contributed by atoms with E-state index >= 15 is 0 Å². The fraction of sp³-hybridized carbons (Fsp3) is 0.316. The molecule has 0 bridgehead atoms. The van der Waals surface area contributed by atoms with Gasteiger partial charge in [0.05, 0.1) is 11.9 Å². The van der Waals surface area contributed by atoms with Gasteiger partial charge in [0.2, 0.25) is 10.0 Å². The average Bonchev–Trinajstić information content (AvgIpc) is 3.13. The largest absolute Gasteiger partial charge is 0.305 e. The molecule has 1 unspecified atom stereocenters. The first-order chi connectivity index (χ1) is 11.9. The van der Waals surface area contributed by atoms with E-state index in [0.717, 1.165) is 17.7 Å². The fourth-order valence-electron chi connectivity index (χ4n) is 3.86. The first-order valence-corrected chi connectivity index (χ1v) is 10.2. The summed E-state index contributed by atoms with van der Waals surface area (Å²) in [4.78, 5) is 14.9. The number of nitrogens with zero attached hydrogens (tertiary/aromatic N) is 2. The van der Waals surface area contributed by atoms with Gasteiger partial charge in [0, 0.05) is 23.8 Å². The van der Waals surface area contributed by atoms with E-state index in [0.29, 0.717) is 24.2 Å². The molecule has 2 aliphatic rings. The monoisotopic (exact) mass is 356 g/mol. The number of sulfonamides is 1. The maximum atomic E-state index is 13.1. The first-order valence-electron chi connectivity index (χ1n) is 8.38. The molecule has 0 aromatic heterocycles. The summed E-state index contributed by atoms with van der Waals surface area (Å²) < 4.78 is 25.1. The number of carbonyl (C=O) groups is 1. The van der Waals surface area contributed by atoms with E-state index < -0.39 is 10.0 Å². The van der Waals surface area contributed by atoms with Crippen molar-refractivity contribution in [1.82, 2.24) is 0 Å². The highest BCUT2D eigenvalue weighted by molar-refractivity contribution is 7.92. The molecule has 4 rings (SSSR count). The van der Waals surface area contributed by atoms with Crippen molar-refractivity contribution in [3.8, 4) is 0 Å². The van der Waals surface area contributed by atoms with Crippen molar-refractivity contribution >= 4 is 27.3 Å². The van der Waals surface area contributed by atoms with Crippen LogP contribution in [0.3, 0.4) is 0 Å².